The number of piperazine rings is 1. The van der Waals surface area contributed by atoms with Crippen molar-refractivity contribution in [3.8, 4) is 11.1 Å². The van der Waals surface area contributed by atoms with Crippen LogP contribution >= 0.6 is 0 Å². The van der Waals surface area contributed by atoms with Crippen molar-refractivity contribution in [3.05, 3.63) is 85.5 Å². The summed E-state index contributed by atoms with van der Waals surface area (Å²) in [4.78, 5) is 18.7. The van der Waals surface area contributed by atoms with Crippen LogP contribution in [0.4, 0.5) is 11.5 Å². The smallest absolute Gasteiger partial charge is 0.138 e. The van der Waals surface area contributed by atoms with Gasteiger partial charge in [0.1, 0.15) is 11.5 Å². The van der Waals surface area contributed by atoms with Crippen LogP contribution in [0.25, 0.3) is 39.1 Å². The van der Waals surface area contributed by atoms with Crippen LogP contribution in [0.2, 0.25) is 0 Å². The molecule has 0 unspecified atom stereocenters. The first-order valence-corrected chi connectivity index (χ1v) is 11.8. The Morgan fingerprint density at radius 2 is 1.89 bits per heavy atom. The topological polar surface area (TPSA) is 81.8 Å². The zero-order chi connectivity index (χ0) is 24.0. The molecule has 3 N–H and O–H groups in total. The molecule has 7 heteroatoms. The van der Waals surface area contributed by atoms with Crippen molar-refractivity contribution in [3.63, 3.8) is 0 Å². The summed E-state index contributed by atoms with van der Waals surface area (Å²) in [5.74, 6) is 1.06. The third-order valence-corrected chi connectivity index (χ3v) is 6.18. The highest BCUT2D eigenvalue weighted by Crippen LogP contribution is 2.31. The van der Waals surface area contributed by atoms with Crippen molar-refractivity contribution in [1.29, 1.82) is 0 Å². The first-order valence-electron chi connectivity index (χ1n) is 11.8. The van der Waals surface area contributed by atoms with Crippen LogP contribution in [-0.2, 0) is 0 Å². The first-order chi connectivity index (χ1) is 17.2. The van der Waals surface area contributed by atoms with Gasteiger partial charge in [0.25, 0.3) is 0 Å². The summed E-state index contributed by atoms with van der Waals surface area (Å²) in [6, 6.07) is 16.5. The number of aromatic amines is 1. The van der Waals surface area contributed by atoms with E-state index in [0.29, 0.717) is 0 Å². The summed E-state index contributed by atoms with van der Waals surface area (Å²) >= 11 is 0. The average molecular weight is 464 g/mol. The van der Waals surface area contributed by atoms with Gasteiger partial charge >= 0.3 is 0 Å². The number of benzene rings is 1. The highest BCUT2D eigenvalue weighted by molar-refractivity contribution is 5.97. The van der Waals surface area contributed by atoms with Crippen molar-refractivity contribution in [1.82, 2.24) is 25.3 Å². The number of rotatable bonds is 4. The van der Waals surface area contributed by atoms with Gasteiger partial charge in [0, 0.05) is 68.2 Å². The molecule has 0 saturated carbocycles. The Morgan fingerprint density at radius 1 is 1.00 bits per heavy atom. The highest BCUT2D eigenvalue weighted by atomic mass is 15.2. The summed E-state index contributed by atoms with van der Waals surface area (Å²) in [6.45, 7) is 7.91. The molecule has 0 radical (unpaired) electrons. The number of hydrogen-bond donors (Lipinski definition) is 3. The summed E-state index contributed by atoms with van der Waals surface area (Å²) < 4.78 is 0. The quantitative estimate of drug-likeness (QED) is 0.350. The molecule has 5 heterocycles. The molecule has 1 aliphatic rings. The van der Waals surface area contributed by atoms with Crippen molar-refractivity contribution >= 4 is 39.5 Å². The van der Waals surface area contributed by atoms with Gasteiger partial charge in [-0.15, -0.1) is 0 Å². The number of nitrogens with zero attached hydrogens (tertiary/aromatic N) is 4. The van der Waals surface area contributed by atoms with Crippen LogP contribution in [0.5, 0.6) is 0 Å². The zero-order valence-electron chi connectivity index (χ0n) is 19.8. The molecule has 5 aromatic rings. The van der Waals surface area contributed by atoms with E-state index in [2.05, 4.69) is 78.4 Å². The molecule has 6 rings (SSSR count). The monoisotopic (exact) mass is 463 g/mol. The molecule has 0 aliphatic carbocycles. The van der Waals surface area contributed by atoms with Gasteiger partial charge in [0.05, 0.1) is 17.4 Å². The Labute approximate surface area is 205 Å². The highest BCUT2D eigenvalue weighted by Gasteiger charge is 2.11. The Balaban J connectivity index is 0.000000158. The number of H-pyrrole nitrogens is 1. The molecular formula is C28H29N7. The lowest BCUT2D eigenvalue weighted by Gasteiger charge is -2.28. The van der Waals surface area contributed by atoms with Crippen molar-refractivity contribution in [2.24, 2.45) is 0 Å². The van der Waals surface area contributed by atoms with Gasteiger partial charge in [0.2, 0.25) is 0 Å². The minimum atomic E-state index is 0.898. The number of nitrogens with one attached hydrogen (secondary N) is 3. The van der Waals surface area contributed by atoms with E-state index in [9.17, 15) is 0 Å². The molecule has 0 bridgehead atoms. The van der Waals surface area contributed by atoms with Gasteiger partial charge in [-0.25, -0.2) is 9.97 Å². The minimum absolute atomic E-state index is 0.898. The number of hydrogen-bond acceptors (Lipinski definition) is 6. The predicted octanol–water partition coefficient (Wildman–Crippen LogP) is 4.95. The number of pyridine rings is 3. The molecular weight excluding hydrogens is 434 g/mol. The molecule has 176 valence electrons. The van der Waals surface area contributed by atoms with E-state index in [1.165, 1.54) is 0 Å². The zero-order valence-corrected chi connectivity index (χ0v) is 19.8. The summed E-state index contributed by atoms with van der Waals surface area (Å²) in [7, 11) is 1.90. The molecule has 0 spiro atoms. The van der Waals surface area contributed by atoms with Crippen molar-refractivity contribution in [2.45, 2.75) is 0 Å². The summed E-state index contributed by atoms with van der Waals surface area (Å²) in [5.41, 5.74) is 6.36. The molecule has 0 amide bonds. The van der Waals surface area contributed by atoms with E-state index in [0.717, 1.165) is 76.3 Å². The Morgan fingerprint density at radius 3 is 2.71 bits per heavy atom. The maximum absolute atomic E-state index is 4.43. The molecule has 35 heavy (non-hydrogen) atoms. The second kappa shape index (κ2) is 10.4. The van der Waals surface area contributed by atoms with Gasteiger partial charge in [0.15, 0.2) is 0 Å². The largest absolute Gasteiger partial charge is 0.387 e. The fourth-order valence-electron chi connectivity index (χ4n) is 4.25. The molecule has 0 atom stereocenters. The van der Waals surface area contributed by atoms with Crippen LogP contribution < -0.4 is 15.5 Å². The van der Waals surface area contributed by atoms with E-state index in [1.54, 1.807) is 0 Å². The van der Waals surface area contributed by atoms with Gasteiger partial charge in [-0.2, -0.15) is 0 Å². The Hall–Kier alpha value is -4.23. The van der Waals surface area contributed by atoms with E-state index >= 15 is 0 Å². The average Bonchev–Trinajstić information content (AvgIpc) is 3.37. The van der Waals surface area contributed by atoms with Crippen LogP contribution in [0.15, 0.2) is 79.9 Å². The number of anilines is 2. The van der Waals surface area contributed by atoms with Crippen LogP contribution in [0, 0.1) is 0 Å². The van der Waals surface area contributed by atoms with Gasteiger partial charge in [-0.05, 0) is 47.5 Å². The standard InChI is InChI=1S/C17H14N4.C11H15N3/c1-18-13-8-14-15(10-21-17(14)20-9-13)11-4-5-16-12(7-11)3-2-6-19-16;1-2-10-3-4-13-11(9-10)14-7-5-12-6-8-14/h2-10,18H,1H3,(H,20,21);2-4,9,12H,1,5-8H2. The van der Waals surface area contributed by atoms with Gasteiger partial charge in [-0.3, -0.25) is 4.98 Å². The Bertz CT molecular complexity index is 1450. The second-order valence-corrected chi connectivity index (χ2v) is 8.37. The molecule has 1 aromatic carbocycles. The normalized spacial score (nSPS) is 13.3. The van der Waals surface area contributed by atoms with Gasteiger partial charge in [-0.1, -0.05) is 24.8 Å². The molecule has 7 nitrogen and oxygen atoms in total. The van der Waals surface area contributed by atoms with Crippen LogP contribution in [0.3, 0.4) is 0 Å². The molecule has 1 fully saturated rings. The van der Waals surface area contributed by atoms with Crippen LogP contribution in [-0.4, -0.2) is 53.2 Å². The summed E-state index contributed by atoms with van der Waals surface area (Å²) in [5, 5.41) is 8.71. The summed E-state index contributed by atoms with van der Waals surface area (Å²) in [6.07, 6.45) is 9.35. The first kappa shape index (κ1) is 22.6. The minimum Gasteiger partial charge on any atom is -0.387 e. The van der Waals surface area contributed by atoms with Gasteiger partial charge < -0.3 is 20.5 Å². The van der Waals surface area contributed by atoms with Crippen LogP contribution in [0.1, 0.15) is 5.56 Å². The lowest BCUT2D eigenvalue weighted by molar-refractivity contribution is 0.585. The van der Waals surface area contributed by atoms with E-state index in [4.69, 9.17) is 0 Å². The molecule has 1 aliphatic heterocycles. The number of fused-ring (bicyclic) bond motifs is 2. The predicted molar refractivity (Wildman–Crippen MR) is 146 cm³/mol. The maximum atomic E-state index is 4.43. The molecule has 4 aromatic heterocycles. The third kappa shape index (κ3) is 5.00. The fraction of sp³-hybridized carbons (Fsp3) is 0.179. The maximum Gasteiger partial charge on any atom is 0.138 e. The van der Waals surface area contributed by atoms with Crippen molar-refractivity contribution in [2.75, 3.05) is 43.4 Å². The molecule has 1 saturated heterocycles. The lowest BCUT2D eigenvalue weighted by atomic mass is 10.0. The van der Waals surface area contributed by atoms with Crippen molar-refractivity contribution < 1.29 is 0 Å². The fourth-order valence-corrected chi connectivity index (χ4v) is 4.25. The number of aromatic nitrogens is 4. The second-order valence-electron chi connectivity index (χ2n) is 8.37. The van der Waals surface area contributed by atoms with E-state index < -0.39 is 0 Å². The van der Waals surface area contributed by atoms with E-state index in [-0.39, 0.29) is 0 Å². The lowest BCUT2D eigenvalue weighted by Crippen LogP contribution is -2.43. The van der Waals surface area contributed by atoms with E-state index in [1.807, 2.05) is 50.0 Å². The third-order valence-electron chi connectivity index (χ3n) is 6.18. The SMILES string of the molecule is C=Cc1ccnc(N2CCNCC2)c1.CNc1cnc2[nH]cc(-c3ccc4ncccc4c3)c2c1. The Kier molecular flexibility index (Phi) is 6.68.